The Bertz CT molecular complexity index is 1530. The van der Waals surface area contributed by atoms with E-state index in [1.54, 1.807) is 0 Å². The van der Waals surface area contributed by atoms with E-state index in [1.165, 1.54) is 15.7 Å². The molecule has 0 aliphatic carbocycles. The van der Waals surface area contributed by atoms with Crippen LogP contribution in [0.4, 0.5) is 0 Å². The molecule has 1 aromatic carbocycles. The molecule has 3 heterocycles. The maximum Gasteiger partial charge on any atom is 0.277 e. The molecule has 0 unspecified atom stereocenters. The smallest absolute Gasteiger partial charge is 0.277 e. The van der Waals surface area contributed by atoms with Crippen molar-refractivity contribution in [2.45, 2.75) is 47.1 Å². The Kier molecular flexibility index (Phi) is 4.87. The Labute approximate surface area is 178 Å². The van der Waals surface area contributed by atoms with Gasteiger partial charge in [0, 0.05) is 33.4 Å². The maximum atomic E-state index is 13.1. The van der Waals surface area contributed by atoms with Gasteiger partial charge < -0.3 is 4.57 Å². The highest BCUT2D eigenvalue weighted by Gasteiger charge is 2.18. The molecule has 0 bridgehead atoms. The fourth-order valence-electron chi connectivity index (χ4n) is 4.10. The Hall–Kier alpha value is -3.17. The van der Waals surface area contributed by atoms with E-state index in [1.807, 2.05) is 40.7 Å². The van der Waals surface area contributed by atoms with Crippen LogP contribution < -0.4 is 15.7 Å². The van der Waals surface area contributed by atoms with Gasteiger partial charge in [0.15, 0.2) is 0 Å². The van der Waals surface area contributed by atoms with Crippen molar-refractivity contribution >= 4 is 33.3 Å². The molecule has 4 rings (SSSR count). The second kappa shape index (κ2) is 7.26. The summed E-state index contributed by atoms with van der Waals surface area (Å²) in [4.78, 5) is 31.1. The number of aromatic nitrogens is 3. The molecule has 0 atom stereocenters. The van der Waals surface area contributed by atoms with Crippen molar-refractivity contribution in [2.24, 2.45) is 0 Å². The molecule has 0 aliphatic rings. The van der Waals surface area contributed by atoms with E-state index in [0.717, 1.165) is 27.7 Å². The van der Waals surface area contributed by atoms with Crippen molar-refractivity contribution in [3.05, 3.63) is 71.5 Å². The summed E-state index contributed by atoms with van der Waals surface area (Å²) in [6, 6.07) is 6.21. The minimum Gasteiger partial charge on any atom is -0.333 e. The third-order valence-corrected chi connectivity index (χ3v) is 6.49. The van der Waals surface area contributed by atoms with Crippen LogP contribution in [0, 0.1) is 33.1 Å². The Morgan fingerprint density at radius 1 is 1.20 bits per heavy atom. The number of nitrogens with zero attached hydrogens (tertiary/aromatic N) is 3. The summed E-state index contributed by atoms with van der Waals surface area (Å²) in [5, 5.41) is 1.04. The van der Waals surface area contributed by atoms with E-state index < -0.39 is 0 Å². The van der Waals surface area contributed by atoms with Crippen LogP contribution >= 0.6 is 11.3 Å². The van der Waals surface area contributed by atoms with Gasteiger partial charge >= 0.3 is 0 Å². The zero-order chi connectivity index (χ0) is 21.7. The number of benzene rings is 1. The van der Waals surface area contributed by atoms with E-state index >= 15 is 0 Å². The maximum absolute atomic E-state index is 13.1. The molecule has 0 aliphatic heterocycles. The van der Waals surface area contributed by atoms with Gasteiger partial charge in [0.05, 0.1) is 11.1 Å². The van der Waals surface area contributed by atoms with Crippen LogP contribution in [0.5, 0.6) is 0 Å². The molecule has 0 N–H and O–H groups in total. The van der Waals surface area contributed by atoms with Crippen molar-refractivity contribution in [1.82, 2.24) is 14.0 Å². The predicted molar refractivity (Wildman–Crippen MR) is 123 cm³/mol. The monoisotopic (exact) mass is 417 g/mol. The number of rotatable bonds is 3. The molecule has 0 saturated carbocycles. The van der Waals surface area contributed by atoms with Crippen molar-refractivity contribution in [1.29, 1.82) is 0 Å². The predicted octanol–water partition coefficient (Wildman–Crippen LogP) is 3.30. The Balaban J connectivity index is 2.09. The third kappa shape index (κ3) is 2.98. The van der Waals surface area contributed by atoms with E-state index in [9.17, 15) is 9.59 Å². The highest BCUT2D eigenvalue weighted by molar-refractivity contribution is 7.15. The first-order chi connectivity index (χ1) is 14.2. The van der Waals surface area contributed by atoms with Gasteiger partial charge in [-0.15, -0.1) is 6.42 Å². The van der Waals surface area contributed by atoms with Crippen molar-refractivity contribution in [3.63, 3.8) is 0 Å². The van der Waals surface area contributed by atoms with Crippen LogP contribution in [-0.4, -0.2) is 14.0 Å². The van der Waals surface area contributed by atoms with Gasteiger partial charge in [-0.05, 0) is 44.9 Å². The molecule has 0 saturated heterocycles. The normalized spacial score (nSPS) is 12.4. The van der Waals surface area contributed by atoms with Crippen LogP contribution in [0.25, 0.3) is 21.9 Å². The van der Waals surface area contributed by atoms with Crippen LogP contribution in [0.1, 0.15) is 47.8 Å². The fraction of sp³-hybridized carbons (Fsp3) is 0.292. The van der Waals surface area contributed by atoms with Gasteiger partial charge in [-0.2, -0.15) is 0 Å². The number of aryl methyl sites for hydroxylation is 2. The molecule has 0 spiro atoms. The van der Waals surface area contributed by atoms with Gasteiger partial charge in [0.2, 0.25) is 4.96 Å². The number of hydrogen-bond acceptors (Lipinski definition) is 4. The summed E-state index contributed by atoms with van der Waals surface area (Å²) >= 11 is 1.25. The molecule has 30 heavy (non-hydrogen) atoms. The fourth-order valence-corrected chi connectivity index (χ4v) is 5.09. The molecule has 0 radical (unpaired) electrons. The Morgan fingerprint density at radius 3 is 2.60 bits per heavy atom. The minimum atomic E-state index is -0.320. The van der Waals surface area contributed by atoms with Crippen LogP contribution in [0.15, 0.2) is 27.8 Å². The molecule has 4 aromatic rings. The van der Waals surface area contributed by atoms with E-state index in [2.05, 4.69) is 33.7 Å². The van der Waals surface area contributed by atoms with E-state index in [0.29, 0.717) is 27.3 Å². The largest absolute Gasteiger partial charge is 0.333 e. The standard InChI is InChI=1S/C24H23N3O2S/c1-7-10-26-16(6)17(18-11-14(4)8-9-19(18)26)12-20-22(28)27-23(29)21(13(2)3)15(5)25-24(27)30-20/h1,8-9,11-13H,10H2,2-6H3/b20-12-. The molecule has 5 nitrogen and oxygen atoms in total. The summed E-state index contributed by atoms with van der Waals surface area (Å²) < 4.78 is 3.77. The summed E-state index contributed by atoms with van der Waals surface area (Å²) in [6.07, 6.45) is 7.45. The van der Waals surface area contributed by atoms with Crippen LogP contribution in [0.2, 0.25) is 0 Å². The van der Waals surface area contributed by atoms with Gasteiger partial charge in [-0.25, -0.2) is 9.38 Å². The topological polar surface area (TPSA) is 56.4 Å². The average molecular weight is 418 g/mol. The molecule has 6 heteroatoms. The summed E-state index contributed by atoms with van der Waals surface area (Å²) in [6.45, 7) is 10.2. The summed E-state index contributed by atoms with van der Waals surface area (Å²) in [7, 11) is 0. The lowest BCUT2D eigenvalue weighted by Gasteiger charge is -2.07. The lowest BCUT2D eigenvalue weighted by Crippen LogP contribution is -2.33. The minimum absolute atomic E-state index is 0.000544. The van der Waals surface area contributed by atoms with Crippen LogP contribution in [-0.2, 0) is 6.54 Å². The number of fused-ring (bicyclic) bond motifs is 2. The summed E-state index contributed by atoms with van der Waals surface area (Å²) in [5.41, 5.74) is 4.78. The second-order valence-electron chi connectivity index (χ2n) is 7.91. The van der Waals surface area contributed by atoms with Gasteiger partial charge in [0.1, 0.15) is 0 Å². The van der Waals surface area contributed by atoms with Gasteiger partial charge in [-0.1, -0.05) is 42.7 Å². The van der Waals surface area contributed by atoms with Crippen molar-refractivity contribution < 1.29 is 0 Å². The SMILES string of the molecule is C#CCn1c(C)c(/C=c2\sc3nc(C)c(C(C)C)c(=O)n3c2=O)c2cc(C)ccc21. The molecule has 0 fully saturated rings. The van der Waals surface area contributed by atoms with Crippen molar-refractivity contribution in [3.8, 4) is 12.3 Å². The number of thiazole rings is 1. The number of terminal acetylenes is 1. The first-order valence-corrected chi connectivity index (χ1v) is 10.7. The molecule has 152 valence electrons. The molecule has 0 amide bonds. The third-order valence-electron chi connectivity index (χ3n) is 5.52. The first-order valence-electron chi connectivity index (χ1n) is 9.85. The molecule has 3 aromatic heterocycles. The first kappa shape index (κ1) is 20.1. The zero-order valence-electron chi connectivity index (χ0n) is 17.7. The quantitative estimate of drug-likeness (QED) is 0.481. The Morgan fingerprint density at radius 2 is 1.93 bits per heavy atom. The highest BCUT2D eigenvalue weighted by atomic mass is 32.1. The zero-order valence-corrected chi connectivity index (χ0v) is 18.6. The average Bonchev–Trinajstić information content (AvgIpc) is 3.11. The summed E-state index contributed by atoms with van der Waals surface area (Å²) in [5.74, 6) is 2.71. The van der Waals surface area contributed by atoms with Gasteiger partial charge in [0.25, 0.3) is 11.1 Å². The van der Waals surface area contributed by atoms with Gasteiger partial charge in [-0.3, -0.25) is 9.59 Å². The molecular formula is C24H23N3O2S. The second-order valence-corrected chi connectivity index (χ2v) is 8.92. The lowest BCUT2D eigenvalue weighted by atomic mass is 10.0. The highest BCUT2D eigenvalue weighted by Crippen LogP contribution is 2.27. The lowest BCUT2D eigenvalue weighted by molar-refractivity contribution is 0.804. The van der Waals surface area contributed by atoms with E-state index in [-0.39, 0.29) is 17.0 Å². The number of hydrogen-bond donors (Lipinski definition) is 0. The van der Waals surface area contributed by atoms with Crippen molar-refractivity contribution in [2.75, 3.05) is 0 Å². The van der Waals surface area contributed by atoms with E-state index in [4.69, 9.17) is 6.42 Å². The van der Waals surface area contributed by atoms with Crippen LogP contribution in [0.3, 0.4) is 0 Å². The molecular weight excluding hydrogens is 394 g/mol.